The molecular weight excluding hydrogens is 394 g/mol. The number of benzene rings is 2. The van der Waals surface area contributed by atoms with E-state index < -0.39 is 10.3 Å². The normalized spacial score (nSPS) is 22.7. The molecule has 31 heavy (non-hydrogen) atoms. The first-order chi connectivity index (χ1) is 14.7. The molecule has 2 aromatic carbocycles. The first-order valence-electron chi connectivity index (χ1n) is 10.2. The highest BCUT2D eigenvalue weighted by Crippen LogP contribution is 2.59. The number of hydrazone groups is 1. The largest absolute Gasteiger partial charge is 0.342 e. The van der Waals surface area contributed by atoms with Gasteiger partial charge in [-0.1, -0.05) is 32.9 Å². The lowest BCUT2D eigenvalue weighted by Crippen LogP contribution is -2.45. The first kappa shape index (κ1) is 20.7. The van der Waals surface area contributed by atoms with Gasteiger partial charge in [0.2, 0.25) is 5.91 Å². The number of aromatic nitrogens is 2. The van der Waals surface area contributed by atoms with Crippen molar-refractivity contribution in [1.82, 2.24) is 15.4 Å². The molecule has 2 atom stereocenters. The number of carbonyl (C=O) groups excluding carboxylic acids is 1. The van der Waals surface area contributed by atoms with E-state index in [1.54, 1.807) is 12.1 Å². The van der Waals surface area contributed by atoms with E-state index >= 15 is 0 Å². The van der Waals surface area contributed by atoms with Crippen LogP contribution in [-0.2, 0) is 4.79 Å². The molecule has 1 aromatic heterocycles. The molecule has 0 radical (unpaired) electrons. The summed E-state index contributed by atoms with van der Waals surface area (Å²) in [6.45, 7) is 6.20. The van der Waals surface area contributed by atoms with E-state index in [-0.39, 0.29) is 22.9 Å². The number of amides is 1. The highest BCUT2D eigenvalue weighted by Gasteiger charge is 2.57. The zero-order valence-electron chi connectivity index (χ0n) is 17.8. The lowest BCUT2D eigenvalue weighted by Gasteiger charge is -2.39. The molecule has 4 rings (SSSR count). The minimum absolute atomic E-state index is 0.0121. The van der Waals surface area contributed by atoms with Crippen molar-refractivity contribution in [2.45, 2.75) is 39.5 Å². The van der Waals surface area contributed by atoms with Crippen molar-refractivity contribution in [2.75, 3.05) is 0 Å². The number of carbonyl (C=O) groups is 1. The molecule has 2 N–H and O–H groups in total. The van der Waals surface area contributed by atoms with Gasteiger partial charge in [-0.15, -0.1) is 0 Å². The summed E-state index contributed by atoms with van der Waals surface area (Å²) in [5.41, 5.74) is 4.32. The van der Waals surface area contributed by atoms with Crippen molar-refractivity contribution in [2.24, 2.45) is 15.9 Å². The number of non-ortho nitro benzene ring substituents is 1. The van der Waals surface area contributed by atoms with Crippen LogP contribution in [0.15, 0.2) is 53.6 Å². The number of rotatable bonds is 5. The van der Waals surface area contributed by atoms with Crippen LogP contribution in [0.4, 0.5) is 5.69 Å². The second kappa shape index (κ2) is 7.61. The summed E-state index contributed by atoms with van der Waals surface area (Å²) in [5, 5.41) is 14.8. The first-order valence-corrected chi connectivity index (χ1v) is 10.2. The van der Waals surface area contributed by atoms with Crippen LogP contribution in [0, 0.1) is 20.9 Å². The number of nitrogens with one attached hydrogen (secondary N) is 2. The van der Waals surface area contributed by atoms with Gasteiger partial charge >= 0.3 is 0 Å². The number of hydrogen-bond donors (Lipinski definition) is 2. The number of nitro groups is 1. The van der Waals surface area contributed by atoms with Gasteiger partial charge in [-0.3, -0.25) is 14.9 Å². The average molecular weight is 419 g/mol. The molecule has 160 valence electrons. The van der Waals surface area contributed by atoms with Gasteiger partial charge in [-0.05, 0) is 48.1 Å². The third-order valence-electron chi connectivity index (χ3n) is 6.95. The van der Waals surface area contributed by atoms with E-state index in [2.05, 4.69) is 29.4 Å². The summed E-state index contributed by atoms with van der Waals surface area (Å²) >= 11 is 0. The maximum absolute atomic E-state index is 13.1. The number of nitro benzene ring substituents is 1. The summed E-state index contributed by atoms with van der Waals surface area (Å²) in [4.78, 5) is 31.6. The smallest absolute Gasteiger partial charge is 0.269 e. The van der Waals surface area contributed by atoms with Crippen molar-refractivity contribution in [3.8, 4) is 0 Å². The highest BCUT2D eigenvalue weighted by atomic mass is 16.6. The van der Waals surface area contributed by atoms with Gasteiger partial charge in [0.05, 0.1) is 27.6 Å². The van der Waals surface area contributed by atoms with E-state index in [9.17, 15) is 14.9 Å². The summed E-state index contributed by atoms with van der Waals surface area (Å²) in [5.74, 6) is 0.890. The quantitative estimate of drug-likeness (QED) is 0.359. The molecule has 3 aromatic rings. The van der Waals surface area contributed by atoms with Gasteiger partial charge < -0.3 is 4.98 Å². The van der Waals surface area contributed by atoms with Crippen LogP contribution in [0.3, 0.4) is 0 Å². The van der Waals surface area contributed by atoms with E-state index in [1.165, 1.54) is 18.3 Å². The Hall–Kier alpha value is -3.55. The number of fused-ring (bicyclic) bond motifs is 1. The summed E-state index contributed by atoms with van der Waals surface area (Å²) < 4.78 is 0. The maximum Gasteiger partial charge on any atom is 0.269 e. The maximum atomic E-state index is 13.1. The molecule has 1 aliphatic rings. The Kier molecular flexibility index (Phi) is 5.08. The van der Waals surface area contributed by atoms with Gasteiger partial charge in [-0.25, -0.2) is 10.4 Å². The Bertz CT molecular complexity index is 1130. The van der Waals surface area contributed by atoms with Gasteiger partial charge in [0.25, 0.3) is 5.69 Å². The molecule has 1 heterocycles. The zero-order valence-corrected chi connectivity index (χ0v) is 17.8. The molecule has 8 heteroatoms. The standard InChI is InChI=1S/C23H25N5O3/c1-22(2)17(20-25-18-6-4-5-7-19(18)26-20)12-13-23(22,3)21(29)27-24-14-15-8-10-16(11-9-15)28(30)31/h4-11,14,17H,12-13H2,1-3H3,(H,25,26)(H,27,29)/b24-14+. The van der Waals surface area contributed by atoms with Crippen LogP contribution in [0.2, 0.25) is 0 Å². The Labute approximate surface area is 179 Å². The summed E-state index contributed by atoms with van der Waals surface area (Å²) in [6.07, 6.45) is 3.06. The molecular formula is C23H25N5O3. The van der Waals surface area contributed by atoms with Crippen molar-refractivity contribution in [3.63, 3.8) is 0 Å². The molecule has 0 saturated heterocycles. The van der Waals surface area contributed by atoms with Crippen molar-refractivity contribution >= 4 is 28.8 Å². The van der Waals surface area contributed by atoms with E-state index in [1.807, 2.05) is 31.2 Å². The number of para-hydroxylation sites is 2. The topological polar surface area (TPSA) is 113 Å². The SMILES string of the molecule is CC1(C(=O)N/N=C/c2ccc([N+](=O)[O-])cc2)CCC(c2nc3ccccc3[nH]2)C1(C)C. The Morgan fingerprint density at radius 1 is 1.23 bits per heavy atom. The fourth-order valence-electron chi connectivity index (χ4n) is 4.49. The minimum Gasteiger partial charge on any atom is -0.342 e. The Morgan fingerprint density at radius 3 is 2.61 bits per heavy atom. The molecule has 2 unspecified atom stereocenters. The molecule has 0 bridgehead atoms. The molecule has 0 aliphatic heterocycles. The second-order valence-electron chi connectivity index (χ2n) is 8.83. The summed E-state index contributed by atoms with van der Waals surface area (Å²) in [6, 6.07) is 13.9. The van der Waals surface area contributed by atoms with E-state index in [0.29, 0.717) is 5.56 Å². The highest BCUT2D eigenvalue weighted by molar-refractivity contribution is 5.86. The number of imidazole rings is 1. The average Bonchev–Trinajstić information content (AvgIpc) is 3.27. The summed E-state index contributed by atoms with van der Waals surface area (Å²) in [7, 11) is 0. The lowest BCUT2D eigenvalue weighted by atomic mass is 9.65. The van der Waals surface area contributed by atoms with Crippen molar-refractivity contribution in [3.05, 3.63) is 70.0 Å². The van der Waals surface area contributed by atoms with E-state index in [0.717, 1.165) is 29.7 Å². The second-order valence-corrected chi connectivity index (χ2v) is 8.83. The van der Waals surface area contributed by atoms with E-state index in [4.69, 9.17) is 4.98 Å². The lowest BCUT2D eigenvalue weighted by molar-refractivity contribution is -0.384. The van der Waals surface area contributed by atoms with Gasteiger partial charge in [-0.2, -0.15) is 5.10 Å². The number of hydrogen-bond acceptors (Lipinski definition) is 5. The zero-order chi connectivity index (χ0) is 22.2. The number of nitrogens with zero attached hydrogens (tertiary/aromatic N) is 3. The molecule has 1 aliphatic carbocycles. The van der Waals surface area contributed by atoms with Crippen molar-refractivity contribution < 1.29 is 9.72 Å². The number of aromatic amines is 1. The third-order valence-corrected chi connectivity index (χ3v) is 6.95. The number of H-pyrrole nitrogens is 1. The molecule has 0 spiro atoms. The van der Waals surface area contributed by atoms with Crippen LogP contribution in [-0.4, -0.2) is 27.0 Å². The van der Waals surface area contributed by atoms with Crippen LogP contribution < -0.4 is 5.43 Å². The Balaban J connectivity index is 1.49. The fraction of sp³-hybridized carbons (Fsp3) is 0.348. The van der Waals surface area contributed by atoms with Gasteiger partial charge in [0.15, 0.2) is 0 Å². The fourth-order valence-corrected chi connectivity index (χ4v) is 4.49. The Morgan fingerprint density at radius 2 is 1.94 bits per heavy atom. The van der Waals surface area contributed by atoms with Gasteiger partial charge in [0, 0.05) is 18.1 Å². The van der Waals surface area contributed by atoms with Crippen LogP contribution in [0.1, 0.15) is 50.9 Å². The van der Waals surface area contributed by atoms with Crippen LogP contribution in [0.5, 0.6) is 0 Å². The van der Waals surface area contributed by atoms with Crippen molar-refractivity contribution in [1.29, 1.82) is 0 Å². The van der Waals surface area contributed by atoms with Crippen LogP contribution in [0.25, 0.3) is 11.0 Å². The van der Waals surface area contributed by atoms with Gasteiger partial charge in [0.1, 0.15) is 5.82 Å². The predicted molar refractivity (Wildman–Crippen MR) is 119 cm³/mol. The van der Waals surface area contributed by atoms with Crippen LogP contribution >= 0.6 is 0 Å². The monoisotopic (exact) mass is 419 g/mol. The third kappa shape index (κ3) is 3.58. The molecule has 8 nitrogen and oxygen atoms in total. The molecule has 1 amide bonds. The predicted octanol–water partition coefficient (Wildman–Crippen LogP) is 4.53. The minimum atomic E-state index is -0.622. The molecule has 1 fully saturated rings. The molecule has 1 saturated carbocycles.